The summed E-state index contributed by atoms with van der Waals surface area (Å²) in [6.45, 7) is 0. The third-order valence-electron chi connectivity index (χ3n) is 2.69. The van der Waals surface area contributed by atoms with Crippen LogP contribution in [0, 0.1) is 0 Å². The lowest BCUT2D eigenvalue weighted by atomic mass is 10.1. The van der Waals surface area contributed by atoms with Crippen molar-refractivity contribution in [3.8, 4) is 11.3 Å². The summed E-state index contributed by atoms with van der Waals surface area (Å²) in [6, 6.07) is 7.85. The minimum atomic E-state index is 0.253. The van der Waals surface area contributed by atoms with Crippen LogP contribution in [-0.2, 0) is 7.05 Å². The molecular weight excluding hydrogens is 236 g/mol. The van der Waals surface area contributed by atoms with Gasteiger partial charge in [0.1, 0.15) is 0 Å². The first-order valence-corrected chi connectivity index (χ1v) is 5.53. The lowest BCUT2D eigenvalue weighted by molar-refractivity contribution is 0.797. The number of hydrogen-bond donors (Lipinski definition) is 0. The molecule has 3 rings (SSSR count). The molecule has 0 fully saturated rings. The second-order valence-electron chi connectivity index (χ2n) is 3.72. The largest absolute Gasteiger partial charge is 0.268 e. The lowest BCUT2D eigenvalue weighted by Crippen LogP contribution is -1.89. The Morgan fingerprint density at radius 2 is 2.12 bits per heavy atom. The van der Waals surface area contributed by atoms with Crippen LogP contribution in [-0.4, -0.2) is 19.7 Å². The number of hydrogen-bond acceptors (Lipinski definition) is 3. The maximum atomic E-state index is 5.81. The average Bonchev–Trinajstić information content (AvgIpc) is 2.71. The van der Waals surface area contributed by atoms with Gasteiger partial charge in [-0.15, -0.1) is 0 Å². The third-order valence-corrected chi connectivity index (χ3v) is 2.88. The zero-order valence-electron chi connectivity index (χ0n) is 9.13. The molecule has 0 amide bonds. The van der Waals surface area contributed by atoms with E-state index in [2.05, 4.69) is 15.1 Å². The van der Waals surface area contributed by atoms with Crippen LogP contribution in [0.4, 0.5) is 0 Å². The van der Waals surface area contributed by atoms with Gasteiger partial charge < -0.3 is 0 Å². The third kappa shape index (κ3) is 1.66. The van der Waals surface area contributed by atoms with Gasteiger partial charge in [-0.25, -0.2) is 9.97 Å². The Labute approximate surface area is 103 Å². The molecule has 3 aromatic rings. The summed E-state index contributed by atoms with van der Waals surface area (Å²) < 4.78 is 1.83. The van der Waals surface area contributed by atoms with Gasteiger partial charge in [-0.2, -0.15) is 5.10 Å². The van der Waals surface area contributed by atoms with Crippen LogP contribution < -0.4 is 0 Å². The van der Waals surface area contributed by atoms with Crippen molar-refractivity contribution in [1.82, 2.24) is 19.7 Å². The van der Waals surface area contributed by atoms with Gasteiger partial charge in [0.05, 0.1) is 17.4 Å². The van der Waals surface area contributed by atoms with E-state index in [1.54, 1.807) is 6.20 Å². The number of fused-ring (bicyclic) bond motifs is 1. The maximum Gasteiger partial charge on any atom is 0.222 e. The number of halogens is 1. The van der Waals surface area contributed by atoms with Gasteiger partial charge in [-0.1, -0.05) is 12.1 Å². The van der Waals surface area contributed by atoms with E-state index in [9.17, 15) is 0 Å². The van der Waals surface area contributed by atoms with E-state index in [0.29, 0.717) is 0 Å². The second kappa shape index (κ2) is 3.82. The molecule has 0 bridgehead atoms. The summed E-state index contributed by atoms with van der Waals surface area (Å²) in [5, 5.41) is 5.56. The predicted octanol–water partition coefficient (Wildman–Crippen LogP) is 2.68. The first kappa shape index (κ1) is 10.2. The van der Waals surface area contributed by atoms with Crippen molar-refractivity contribution in [1.29, 1.82) is 0 Å². The summed E-state index contributed by atoms with van der Waals surface area (Å²) in [7, 11) is 1.92. The Kier molecular flexibility index (Phi) is 2.30. The molecule has 4 nitrogen and oxygen atoms in total. The number of aryl methyl sites for hydroxylation is 1. The van der Waals surface area contributed by atoms with E-state index < -0.39 is 0 Å². The van der Waals surface area contributed by atoms with E-state index in [1.807, 2.05) is 42.2 Å². The molecular formula is C12H9ClN4. The quantitative estimate of drug-likeness (QED) is 0.618. The molecule has 0 aliphatic heterocycles. The molecule has 5 heteroatoms. The fourth-order valence-corrected chi connectivity index (χ4v) is 2.03. The Hall–Kier alpha value is -1.94. The zero-order chi connectivity index (χ0) is 11.8. The molecule has 84 valence electrons. The summed E-state index contributed by atoms with van der Waals surface area (Å²) in [6.07, 6.45) is 3.49. The van der Waals surface area contributed by atoms with Crippen molar-refractivity contribution >= 4 is 22.5 Å². The zero-order valence-corrected chi connectivity index (χ0v) is 9.89. The molecule has 0 radical (unpaired) electrons. The van der Waals surface area contributed by atoms with Crippen LogP contribution in [0.3, 0.4) is 0 Å². The highest BCUT2D eigenvalue weighted by atomic mass is 35.5. The van der Waals surface area contributed by atoms with Gasteiger partial charge in [-0.05, 0) is 23.7 Å². The molecule has 0 spiro atoms. The SMILES string of the molecule is Cn1ncc2c(-c3ccnc(Cl)n3)cccc21. The predicted molar refractivity (Wildman–Crippen MR) is 66.8 cm³/mol. The van der Waals surface area contributed by atoms with Gasteiger partial charge in [-0.3, -0.25) is 4.68 Å². The van der Waals surface area contributed by atoms with Gasteiger partial charge >= 0.3 is 0 Å². The molecule has 0 unspecified atom stereocenters. The molecule has 0 N–H and O–H groups in total. The number of nitrogens with zero attached hydrogens (tertiary/aromatic N) is 4. The molecule has 0 saturated heterocycles. The standard InChI is InChI=1S/C12H9ClN4/c1-17-11-4-2-3-8(9(11)7-15-17)10-5-6-14-12(13)16-10/h2-7H,1H3. The molecule has 0 aliphatic carbocycles. The first-order valence-electron chi connectivity index (χ1n) is 5.15. The van der Waals surface area contributed by atoms with Gasteiger partial charge in [0.2, 0.25) is 5.28 Å². The normalized spacial score (nSPS) is 10.9. The van der Waals surface area contributed by atoms with Crippen molar-refractivity contribution in [2.24, 2.45) is 7.05 Å². The highest BCUT2D eigenvalue weighted by molar-refractivity contribution is 6.28. The van der Waals surface area contributed by atoms with Crippen LogP contribution in [0.5, 0.6) is 0 Å². The second-order valence-corrected chi connectivity index (χ2v) is 4.06. The molecule has 17 heavy (non-hydrogen) atoms. The van der Waals surface area contributed by atoms with Crippen LogP contribution in [0.25, 0.3) is 22.2 Å². The number of aromatic nitrogens is 4. The molecule has 0 atom stereocenters. The Morgan fingerprint density at radius 3 is 2.94 bits per heavy atom. The van der Waals surface area contributed by atoms with Crippen molar-refractivity contribution < 1.29 is 0 Å². The smallest absolute Gasteiger partial charge is 0.222 e. The number of rotatable bonds is 1. The van der Waals surface area contributed by atoms with Crippen LogP contribution in [0.2, 0.25) is 5.28 Å². The highest BCUT2D eigenvalue weighted by Gasteiger charge is 2.08. The van der Waals surface area contributed by atoms with Crippen LogP contribution in [0.15, 0.2) is 36.7 Å². The van der Waals surface area contributed by atoms with E-state index >= 15 is 0 Å². The molecule has 0 aliphatic rings. The molecule has 1 aromatic carbocycles. The van der Waals surface area contributed by atoms with Gasteiger partial charge in [0, 0.05) is 24.2 Å². The monoisotopic (exact) mass is 244 g/mol. The van der Waals surface area contributed by atoms with E-state index in [-0.39, 0.29) is 5.28 Å². The summed E-state index contributed by atoms with van der Waals surface area (Å²) >= 11 is 5.81. The van der Waals surface area contributed by atoms with Crippen LogP contribution >= 0.6 is 11.6 Å². The minimum Gasteiger partial charge on any atom is -0.268 e. The van der Waals surface area contributed by atoms with Crippen molar-refractivity contribution in [3.05, 3.63) is 41.9 Å². The summed E-state index contributed by atoms with van der Waals surface area (Å²) in [4.78, 5) is 8.10. The average molecular weight is 245 g/mol. The van der Waals surface area contributed by atoms with Crippen molar-refractivity contribution in [2.75, 3.05) is 0 Å². The topological polar surface area (TPSA) is 43.6 Å². The van der Waals surface area contributed by atoms with E-state index in [0.717, 1.165) is 22.2 Å². The maximum absolute atomic E-state index is 5.81. The lowest BCUT2D eigenvalue weighted by Gasteiger charge is -2.02. The van der Waals surface area contributed by atoms with Crippen molar-refractivity contribution in [3.63, 3.8) is 0 Å². The Morgan fingerprint density at radius 1 is 1.24 bits per heavy atom. The van der Waals surface area contributed by atoms with Crippen molar-refractivity contribution in [2.45, 2.75) is 0 Å². The van der Waals surface area contributed by atoms with E-state index in [4.69, 9.17) is 11.6 Å². The van der Waals surface area contributed by atoms with Gasteiger partial charge in [0.15, 0.2) is 0 Å². The summed E-state index contributed by atoms with van der Waals surface area (Å²) in [5.74, 6) is 0. The Bertz CT molecular complexity index is 690. The number of benzene rings is 1. The van der Waals surface area contributed by atoms with E-state index in [1.165, 1.54) is 0 Å². The fraction of sp³-hybridized carbons (Fsp3) is 0.0833. The molecule has 2 heterocycles. The summed E-state index contributed by atoms with van der Waals surface area (Å²) in [5.41, 5.74) is 2.89. The molecule has 2 aromatic heterocycles. The highest BCUT2D eigenvalue weighted by Crippen LogP contribution is 2.26. The van der Waals surface area contributed by atoms with Crippen LogP contribution in [0.1, 0.15) is 0 Å². The fourth-order valence-electron chi connectivity index (χ4n) is 1.89. The van der Waals surface area contributed by atoms with Gasteiger partial charge in [0.25, 0.3) is 0 Å². The molecule has 0 saturated carbocycles. The minimum absolute atomic E-state index is 0.253. The Balaban J connectivity index is 2.30. The first-order chi connectivity index (χ1) is 8.25.